The van der Waals surface area contributed by atoms with Gasteiger partial charge in [0.05, 0.1) is 5.70 Å². The highest BCUT2D eigenvalue weighted by molar-refractivity contribution is 7.92. The van der Waals surface area contributed by atoms with Gasteiger partial charge in [0.2, 0.25) is 0 Å². The van der Waals surface area contributed by atoms with Gasteiger partial charge in [0, 0.05) is 12.2 Å². The first kappa shape index (κ1) is 13.6. The Kier molecular flexibility index (Phi) is 4.84. The zero-order chi connectivity index (χ0) is 12.2. The molecule has 1 aliphatic carbocycles. The van der Waals surface area contributed by atoms with E-state index in [-0.39, 0.29) is 0 Å². The summed E-state index contributed by atoms with van der Waals surface area (Å²) < 4.78 is 14.7. The lowest BCUT2D eigenvalue weighted by Crippen LogP contribution is -2.38. The van der Waals surface area contributed by atoms with Gasteiger partial charge >= 0.3 is 0 Å². The van der Waals surface area contributed by atoms with Crippen molar-refractivity contribution in [3.63, 3.8) is 0 Å². The number of aliphatic imine (C=N–C) groups is 1. The number of rotatable bonds is 6. The summed E-state index contributed by atoms with van der Waals surface area (Å²) in [5.74, 6) is 0. The second-order valence-corrected chi connectivity index (χ2v) is 5.22. The molecule has 0 saturated heterocycles. The molecule has 0 atom stereocenters. The minimum atomic E-state index is 0.301. The number of hydrogen-bond donors (Lipinski definition) is 0. The minimum absolute atomic E-state index is 0.301. The maximum absolute atomic E-state index is 13.0. The van der Waals surface area contributed by atoms with Gasteiger partial charge in [-0.2, -0.15) is 0 Å². The van der Waals surface area contributed by atoms with Crippen LogP contribution in [-0.4, -0.2) is 17.6 Å². The first-order valence-electron chi connectivity index (χ1n) is 5.79. The van der Waals surface area contributed by atoms with E-state index < -0.39 is 0 Å². The molecule has 92 valence electrons. The molecule has 0 aromatic rings. The van der Waals surface area contributed by atoms with E-state index in [1.54, 1.807) is 4.31 Å². The fraction of sp³-hybridized carbons (Fsp3) is 0.750. The summed E-state index contributed by atoms with van der Waals surface area (Å²) in [5.41, 5.74) is 2.00. The summed E-state index contributed by atoms with van der Waals surface area (Å²) in [6.07, 6.45) is 4.83. The normalized spacial score (nSPS) is 19.8. The van der Waals surface area contributed by atoms with Gasteiger partial charge in [-0.25, -0.2) is 0 Å². The lowest BCUT2D eigenvalue weighted by molar-refractivity contribution is 0.106. The average molecular weight is 244 g/mol. The van der Waals surface area contributed by atoms with E-state index >= 15 is 0 Å². The van der Waals surface area contributed by atoms with Crippen LogP contribution in [0.3, 0.4) is 0 Å². The van der Waals surface area contributed by atoms with Crippen molar-refractivity contribution in [2.45, 2.75) is 46.5 Å². The Morgan fingerprint density at radius 1 is 1.50 bits per heavy atom. The van der Waals surface area contributed by atoms with Crippen LogP contribution in [0.4, 0.5) is 3.89 Å². The summed E-state index contributed by atoms with van der Waals surface area (Å²) in [6, 6.07) is 0. The van der Waals surface area contributed by atoms with Crippen molar-refractivity contribution < 1.29 is 3.89 Å². The van der Waals surface area contributed by atoms with Gasteiger partial charge in [-0.05, 0) is 45.2 Å². The summed E-state index contributed by atoms with van der Waals surface area (Å²) in [6.45, 7) is 10.2. The molecule has 4 heteroatoms. The Bertz CT molecular complexity index is 279. The van der Waals surface area contributed by atoms with Crippen molar-refractivity contribution in [2.75, 3.05) is 6.54 Å². The van der Waals surface area contributed by atoms with Crippen LogP contribution in [0.5, 0.6) is 0 Å². The Morgan fingerprint density at radius 3 is 2.44 bits per heavy atom. The van der Waals surface area contributed by atoms with Gasteiger partial charge in [-0.15, -0.1) is 3.89 Å². The lowest BCUT2D eigenvalue weighted by atomic mass is 9.67. The standard InChI is InChI=1S/C12H21FN2S/c1-5-12(7-6-8-12)9-15(16-13)11(3)10(2)14-4/h4-9H2,1-3H3/b11-10-. The SMILES string of the molecule is C=N/C(C)=C(/C)N(CC1(CC)CCC1)SF. The molecule has 0 N–H and O–H groups in total. The summed E-state index contributed by atoms with van der Waals surface area (Å²) >= 11 is 0.301. The molecule has 16 heavy (non-hydrogen) atoms. The molecular weight excluding hydrogens is 223 g/mol. The number of nitrogens with zero attached hydrogens (tertiary/aromatic N) is 2. The highest BCUT2D eigenvalue weighted by Crippen LogP contribution is 2.46. The summed E-state index contributed by atoms with van der Waals surface area (Å²) in [4.78, 5) is 3.86. The highest BCUT2D eigenvalue weighted by Gasteiger charge is 2.37. The average Bonchev–Trinajstić information content (AvgIpc) is 2.27. The van der Waals surface area contributed by atoms with Crippen molar-refractivity contribution in [1.29, 1.82) is 0 Å². The third-order valence-corrected chi connectivity index (χ3v) is 4.43. The molecule has 0 radical (unpaired) electrons. The minimum Gasteiger partial charge on any atom is -0.291 e. The van der Waals surface area contributed by atoms with Crippen molar-refractivity contribution >= 4 is 19.1 Å². The second-order valence-electron chi connectivity index (χ2n) is 4.64. The van der Waals surface area contributed by atoms with Crippen LogP contribution < -0.4 is 0 Å². The zero-order valence-electron chi connectivity index (χ0n) is 10.4. The van der Waals surface area contributed by atoms with Crippen LogP contribution in [0.25, 0.3) is 0 Å². The molecule has 0 heterocycles. The Labute approximate surface area is 102 Å². The van der Waals surface area contributed by atoms with E-state index in [1.165, 1.54) is 19.3 Å². The quantitative estimate of drug-likeness (QED) is 0.510. The van der Waals surface area contributed by atoms with E-state index in [9.17, 15) is 3.89 Å². The van der Waals surface area contributed by atoms with Gasteiger partial charge < -0.3 is 0 Å². The highest BCUT2D eigenvalue weighted by atomic mass is 32.2. The first-order valence-corrected chi connectivity index (χ1v) is 6.46. The van der Waals surface area contributed by atoms with Gasteiger partial charge in [0.1, 0.15) is 0 Å². The molecule has 1 aliphatic rings. The maximum atomic E-state index is 13.0. The third kappa shape index (κ3) is 2.78. The van der Waals surface area contributed by atoms with Gasteiger partial charge in [-0.3, -0.25) is 9.30 Å². The topological polar surface area (TPSA) is 15.6 Å². The predicted molar refractivity (Wildman–Crippen MR) is 69.9 cm³/mol. The molecule has 1 rings (SSSR count). The van der Waals surface area contributed by atoms with Crippen LogP contribution in [0.1, 0.15) is 46.5 Å². The molecule has 0 unspecified atom stereocenters. The predicted octanol–water partition coefficient (Wildman–Crippen LogP) is 4.35. The van der Waals surface area contributed by atoms with E-state index in [1.807, 2.05) is 13.8 Å². The number of hydrogen-bond acceptors (Lipinski definition) is 3. The number of halogens is 1. The molecule has 0 spiro atoms. The van der Waals surface area contributed by atoms with Crippen molar-refractivity contribution in [1.82, 2.24) is 4.31 Å². The maximum Gasteiger partial charge on any atom is 0.165 e. The van der Waals surface area contributed by atoms with Crippen LogP contribution in [-0.2, 0) is 0 Å². The largest absolute Gasteiger partial charge is 0.291 e. The van der Waals surface area contributed by atoms with Crippen LogP contribution >= 0.6 is 12.3 Å². The second kappa shape index (κ2) is 5.71. The van der Waals surface area contributed by atoms with Crippen LogP contribution in [0.2, 0.25) is 0 Å². The lowest BCUT2D eigenvalue weighted by Gasteiger charge is -2.44. The summed E-state index contributed by atoms with van der Waals surface area (Å²) in [7, 11) is 0. The molecule has 0 aromatic heterocycles. The van der Waals surface area contributed by atoms with Crippen molar-refractivity contribution in [3.8, 4) is 0 Å². The van der Waals surface area contributed by atoms with E-state index in [2.05, 4.69) is 18.6 Å². The fourth-order valence-electron chi connectivity index (χ4n) is 2.09. The third-order valence-electron chi connectivity index (χ3n) is 3.86. The summed E-state index contributed by atoms with van der Waals surface area (Å²) in [5, 5.41) is 0. The van der Waals surface area contributed by atoms with Gasteiger partial charge in [-0.1, -0.05) is 13.3 Å². The molecule has 0 bridgehead atoms. The van der Waals surface area contributed by atoms with Crippen molar-refractivity contribution in [2.24, 2.45) is 10.4 Å². The van der Waals surface area contributed by atoms with E-state index in [4.69, 9.17) is 0 Å². The Morgan fingerprint density at radius 2 is 2.12 bits per heavy atom. The zero-order valence-corrected chi connectivity index (χ0v) is 11.2. The molecule has 0 aliphatic heterocycles. The van der Waals surface area contributed by atoms with E-state index in [0.717, 1.165) is 24.4 Å². The molecule has 1 fully saturated rings. The molecule has 0 aromatic carbocycles. The van der Waals surface area contributed by atoms with E-state index in [0.29, 0.717) is 17.7 Å². The molecule has 2 nitrogen and oxygen atoms in total. The Balaban J connectivity index is 2.72. The van der Waals surface area contributed by atoms with Gasteiger partial charge in [0.25, 0.3) is 0 Å². The van der Waals surface area contributed by atoms with Gasteiger partial charge in [0.15, 0.2) is 12.3 Å². The van der Waals surface area contributed by atoms with Crippen LogP contribution in [0.15, 0.2) is 16.4 Å². The molecule has 0 amide bonds. The Hall–Kier alpha value is -0.510. The monoisotopic (exact) mass is 244 g/mol. The van der Waals surface area contributed by atoms with Crippen LogP contribution in [0, 0.1) is 5.41 Å². The molecular formula is C12H21FN2S. The fourth-order valence-corrected chi connectivity index (χ4v) is 2.65. The van der Waals surface area contributed by atoms with Crippen molar-refractivity contribution in [3.05, 3.63) is 11.4 Å². The first-order chi connectivity index (χ1) is 7.58. The number of allylic oxidation sites excluding steroid dienone is 2. The molecule has 1 saturated carbocycles. The smallest absolute Gasteiger partial charge is 0.165 e.